The lowest BCUT2D eigenvalue weighted by atomic mass is 10.2. The van der Waals surface area contributed by atoms with Crippen molar-refractivity contribution in [2.24, 2.45) is 5.92 Å². The van der Waals surface area contributed by atoms with Gasteiger partial charge in [-0.15, -0.1) is 0 Å². The number of nitrogens with one attached hydrogen (secondary N) is 1. The van der Waals surface area contributed by atoms with Crippen molar-refractivity contribution < 1.29 is 4.74 Å². The number of hydrogen-bond donors (Lipinski definition) is 1. The lowest BCUT2D eigenvalue weighted by Crippen LogP contribution is -2.39. The van der Waals surface area contributed by atoms with E-state index in [1.165, 1.54) is 25.7 Å². The van der Waals surface area contributed by atoms with E-state index in [1.807, 2.05) is 12.3 Å². The van der Waals surface area contributed by atoms with Crippen molar-refractivity contribution in [2.75, 3.05) is 31.1 Å². The molecule has 2 fully saturated rings. The largest absolute Gasteiger partial charge is 0.478 e. The Kier molecular flexibility index (Phi) is 4.91. The highest BCUT2D eigenvalue weighted by molar-refractivity contribution is 5.33. The van der Waals surface area contributed by atoms with Gasteiger partial charge in [-0.25, -0.2) is 4.98 Å². The highest BCUT2D eigenvalue weighted by Crippen LogP contribution is 2.31. The van der Waals surface area contributed by atoms with Gasteiger partial charge in [-0.2, -0.15) is 4.98 Å². The molecule has 1 unspecified atom stereocenters. The smallest absolute Gasteiger partial charge is 0.228 e. The summed E-state index contributed by atoms with van der Waals surface area (Å²) in [4.78, 5) is 11.4. The monoisotopic (exact) mass is 290 g/mol. The van der Waals surface area contributed by atoms with Crippen LogP contribution >= 0.6 is 0 Å². The summed E-state index contributed by atoms with van der Waals surface area (Å²) >= 11 is 0. The van der Waals surface area contributed by atoms with Crippen molar-refractivity contribution >= 4 is 5.95 Å². The predicted molar refractivity (Wildman–Crippen MR) is 83.8 cm³/mol. The molecule has 0 aromatic carbocycles. The van der Waals surface area contributed by atoms with E-state index in [9.17, 15) is 0 Å². The Morgan fingerprint density at radius 1 is 1.33 bits per heavy atom. The first-order valence-electron chi connectivity index (χ1n) is 8.29. The van der Waals surface area contributed by atoms with Gasteiger partial charge in [0, 0.05) is 31.4 Å². The van der Waals surface area contributed by atoms with E-state index in [1.54, 1.807) is 0 Å². The number of aromatic nitrogens is 2. The van der Waals surface area contributed by atoms with Crippen LogP contribution in [0.25, 0.3) is 0 Å². The van der Waals surface area contributed by atoms with Crippen LogP contribution in [0.5, 0.6) is 5.88 Å². The number of nitrogens with zero attached hydrogens (tertiary/aromatic N) is 3. The molecule has 1 atom stereocenters. The quantitative estimate of drug-likeness (QED) is 0.795. The second-order valence-corrected chi connectivity index (χ2v) is 6.18. The van der Waals surface area contributed by atoms with Crippen LogP contribution in [0.1, 0.15) is 39.0 Å². The Bertz CT molecular complexity index is 444. The number of rotatable bonds is 8. The number of anilines is 1. The van der Waals surface area contributed by atoms with Gasteiger partial charge in [0.25, 0.3) is 0 Å². The van der Waals surface area contributed by atoms with Crippen LogP contribution in [0.2, 0.25) is 0 Å². The molecule has 0 radical (unpaired) electrons. The molecule has 116 valence electrons. The molecule has 1 aromatic rings. The summed E-state index contributed by atoms with van der Waals surface area (Å²) in [5, 5.41) is 3.57. The predicted octanol–water partition coefficient (Wildman–Crippen LogP) is 2.23. The standard InChI is InChI=1S/C16H26N4O/c1-2-10-21-15-7-9-18-16(19-15)20(11-13-5-6-13)12-14-4-3-8-17-14/h7,9,13-14,17H,2-6,8,10-12H2,1H3. The van der Waals surface area contributed by atoms with Crippen LogP contribution < -0.4 is 15.0 Å². The third-order valence-electron chi connectivity index (χ3n) is 4.13. The molecule has 1 N–H and O–H groups in total. The zero-order valence-electron chi connectivity index (χ0n) is 12.9. The second-order valence-electron chi connectivity index (χ2n) is 6.18. The summed E-state index contributed by atoms with van der Waals surface area (Å²) in [5.41, 5.74) is 0. The minimum atomic E-state index is 0.576. The highest BCUT2D eigenvalue weighted by atomic mass is 16.5. The highest BCUT2D eigenvalue weighted by Gasteiger charge is 2.28. The van der Waals surface area contributed by atoms with Crippen LogP contribution in [-0.4, -0.2) is 42.3 Å². The molecular formula is C16H26N4O. The Morgan fingerprint density at radius 3 is 2.95 bits per heavy atom. The fourth-order valence-electron chi connectivity index (χ4n) is 2.80. The molecule has 5 heteroatoms. The van der Waals surface area contributed by atoms with Crippen molar-refractivity contribution in [3.8, 4) is 5.88 Å². The minimum absolute atomic E-state index is 0.576. The molecule has 1 aliphatic heterocycles. The van der Waals surface area contributed by atoms with Crippen molar-refractivity contribution in [1.82, 2.24) is 15.3 Å². The zero-order chi connectivity index (χ0) is 14.5. The second kappa shape index (κ2) is 7.07. The van der Waals surface area contributed by atoms with Gasteiger partial charge in [0.05, 0.1) is 6.61 Å². The molecule has 3 rings (SSSR count). The van der Waals surface area contributed by atoms with Crippen LogP contribution in [0.3, 0.4) is 0 Å². The molecule has 0 amide bonds. The van der Waals surface area contributed by atoms with Crippen LogP contribution in [0, 0.1) is 5.92 Å². The van der Waals surface area contributed by atoms with E-state index in [0.717, 1.165) is 37.9 Å². The fourth-order valence-corrected chi connectivity index (χ4v) is 2.80. The normalized spacial score (nSPS) is 21.5. The maximum Gasteiger partial charge on any atom is 0.228 e. The molecule has 2 heterocycles. The van der Waals surface area contributed by atoms with Gasteiger partial charge in [0.1, 0.15) is 0 Å². The zero-order valence-corrected chi connectivity index (χ0v) is 12.9. The average molecular weight is 290 g/mol. The van der Waals surface area contributed by atoms with Gasteiger partial charge in [-0.05, 0) is 44.6 Å². The number of hydrogen-bond acceptors (Lipinski definition) is 5. The third kappa shape index (κ3) is 4.30. The van der Waals surface area contributed by atoms with Gasteiger partial charge in [-0.3, -0.25) is 0 Å². The van der Waals surface area contributed by atoms with Gasteiger partial charge >= 0.3 is 0 Å². The van der Waals surface area contributed by atoms with E-state index < -0.39 is 0 Å². The lowest BCUT2D eigenvalue weighted by molar-refractivity contribution is 0.304. The molecule has 21 heavy (non-hydrogen) atoms. The van der Waals surface area contributed by atoms with Crippen molar-refractivity contribution in [3.63, 3.8) is 0 Å². The van der Waals surface area contributed by atoms with E-state index in [-0.39, 0.29) is 0 Å². The van der Waals surface area contributed by atoms with Crippen LogP contribution in [0.15, 0.2) is 12.3 Å². The average Bonchev–Trinajstić information content (AvgIpc) is 3.18. The Balaban J connectivity index is 1.67. The van der Waals surface area contributed by atoms with Crippen molar-refractivity contribution in [1.29, 1.82) is 0 Å². The first kappa shape index (κ1) is 14.6. The Hall–Kier alpha value is -1.36. The van der Waals surface area contributed by atoms with Crippen molar-refractivity contribution in [3.05, 3.63) is 12.3 Å². The summed E-state index contributed by atoms with van der Waals surface area (Å²) in [6, 6.07) is 2.43. The maximum atomic E-state index is 5.64. The molecule has 1 aliphatic carbocycles. The van der Waals surface area contributed by atoms with Gasteiger partial charge in [-0.1, -0.05) is 6.92 Å². The van der Waals surface area contributed by atoms with Gasteiger partial charge in [0.15, 0.2) is 0 Å². The van der Waals surface area contributed by atoms with Crippen LogP contribution in [0.4, 0.5) is 5.95 Å². The van der Waals surface area contributed by atoms with E-state index in [4.69, 9.17) is 4.74 Å². The molecule has 5 nitrogen and oxygen atoms in total. The molecule has 1 saturated carbocycles. The van der Waals surface area contributed by atoms with E-state index >= 15 is 0 Å². The molecule has 0 bridgehead atoms. The summed E-state index contributed by atoms with van der Waals surface area (Å²) in [7, 11) is 0. The molecule has 1 saturated heterocycles. The SMILES string of the molecule is CCCOc1ccnc(N(CC2CC2)CC2CCCN2)n1. The molecule has 1 aromatic heterocycles. The third-order valence-corrected chi connectivity index (χ3v) is 4.13. The van der Waals surface area contributed by atoms with E-state index in [0.29, 0.717) is 18.5 Å². The molecule has 2 aliphatic rings. The maximum absolute atomic E-state index is 5.64. The summed E-state index contributed by atoms with van der Waals surface area (Å²) < 4.78 is 5.64. The Labute approximate surface area is 127 Å². The molecular weight excluding hydrogens is 264 g/mol. The first-order chi connectivity index (χ1) is 10.3. The Morgan fingerprint density at radius 2 is 2.24 bits per heavy atom. The van der Waals surface area contributed by atoms with E-state index in [2.05, 4.69) is 27.1 Å². The summed E-state index contributed by atoms with van der Waals surface area (Å²) in [5.74, 6) is 2.35. The van der Waals surface area contributed by atoms with Crippen LogP contribution in [-0.2, 0) is 0 Å². The first-order valence-corrected chi connectivity index (χ1v) is 8.29. The summed E-state index contributed by atoms with van der Waals surface area (Å²) in [6.45, 7) is 6.04. The lowest BCUT2D eigenvalue weighted by Gasteiger charge is -2.26. The van der Waals surface area contributed by atoms with Gasteiger partial charge < -0.3 is 15.0 Å². The number of ether oxygens (including phenoxy) is 1. The van der Waals surface area contributed by atoms with Gasteiger partial charge in [0.2, 0.25) is 11.8 Å². The molecule has 0 spiro atoms. The summed E-state index contributed by atoms with van der Waals surface area (Å²) in [6.07, 6.45) is 8.04. The topological polar surface area (TPSA) is 50.3 Å². The fraction of sp³-hybridized carbons (Fsp3) is 0.750. The minimum Gasteiger partial charge on any atom is -0.478 e. The van der Waals surface area contributed by atoms with Crippen molar-refractivity contribution in [2.45, 2.75) is 45.1 Å².